The summed E-state index contributed by atoms with van der Waals surface area (Å²) in [6, 6.07) is 10.1. The van der Waals surface area contributed by atoms with E-state index in [4.69, 9.17) is 4.42 Å². The van der Waals surface area contributed by atoms with E-state index in [0.717, 1.165) is 0 Å². The van der Waals surface area contributed by atoms with Crippen LogP contribution >= 0.6 is 0 Å². The number of sulfonamides is 1. The van der Waals surface area contributed by atoms with Gasteiger partial charge in [0.05, 0.1) is 4.90 Å². The van der Waals surface area contributed by atoms with E-state index >= 15 is 0 Å². The zero-order valence-corrected chi connectivity index (χ0v) is 20.8. The van der Waals surface area contributed by atoms with Crippen molar-refractivity contribution in [2.24, 2.45) is 5.92 Å². The van der Waals surface area contributed by atoms with Gasteiger partial charge in [-0.2, -0.15) is 4.31 Å². The van der Waals surface area contributed by atoms with E-state index in [2.05, 4.69) is 15.6 Å². The predicted octanol–water partition coefficient (Wildman–Crippen LogP) is 3.56. The Balaban J connectivity index is 1.78. The van der Waals surface area contributed by atoms with Gasteiger partial charge in [-0.15, -0.1) is 0 Å². The third-order valence-corrected chi connectivity index (χ3v) is 7.48. The Labute approximate surface area is 199 Å². The molecule has 0 spiro atoms. The van der Waals surface area contributed by atoms with Crippen molar-refractivity contribution in [3.05, 3.63) is 53.9 Å². The lowest BCUT2D eigenvalue weighted by Crippen LogP contribution is -2.47. The first kappa shape index (κ1) is 25.4. The molecule has 3 rings (SSSR count). The van der Waals surface area contributed by atoms with Crippen molar-refractivity contribution in [3.63, 3.8) is 0 Å². The predicted molar refractivity (Wildman–Crippen MR) is 130 cm³/mol. The average Bonchev–Trinajstić information content (AvgIpc) is 3.17. The Bertz CT molecular complexity index is 1300. The van der Waals surface area contributed by atoms with Gasteiger partial charge >= 0.3 is 0 Å². The summed E-state index contributed by atoms with van der Waals surface area (Å²) in [4.78, 5) is 30.2. The van der Waals surface area contributed by atoms with Gasteiger partial charge < -0.3 is 15.1 Å². The molecule has 0 aliphatic rings. The topological polar surface area (TPSA) is 122 Å². The van der Waals surface area contributed by atoms with Gasteiger partial charge in [0, 0.05) is 37.3 Å². The Morgan fingerprint density at radius 3 is 2.44 bits per heavy atom. The van der Waals surface area contributed by atoms with Crippen molar-refractivity contribution in [3.8, 4) is 0 Å². The molecule has 10 heteroatoms. The van der Waals surface area contributed by atoms with E-state index in [-0.39, 0.29) is 16.4 Å². The lowest BCUT2D eigenvalue weighted by Gasteiger charge is -2.22. The number of benzene rings is 2. The fourth-order valence-electron chi connectivity index (χ4n) is 3.61. The minimum atomic E-state index is -3.72. The van der Waals surface area contributed by atoms with E-state index in [9.17, 15) is 18.0 Å². The number of hydrogen-bond donors (Lipinski definition) is 2. The molecule has 0 saturated carbocycles. The Kier molecular flexibility index (Phi) is 7.73. The van der Waals surface area contributed by atoms with Gasteiger partial charge in [-0.1, -0.05) is 33.8 Å². The van der Waals surface area contributed by atoms with Gasteiger partial charge in [0.15, 0.2) is 11.5 Å². The van der Waals surface area contributed by atoms with Crippen molar-refractivity contribution in [1.29, 1.82) is 0 Å². The molecule has 0 bridgehead atoms. The molecule has 0 saturated heterocycles. The smallest absolute Gasteiger partial charge is 0.251 e. The number of amides is 2. The Hall–Kier alpha value is -3.24. The number of aromatic nitrogens is 1. The van der Waals surface area contributed by atoms with E-state index in [1.807, 2.05) is 13.8 Å². The zero-order chi connectivity index (χ0) is 25.0. The van der Waals surface area contributed by atoms with Gasteiger partial charge in [0.2, 0.25) is 15.9 Å². The molecule has 2 aromatic carbocycles. The number of anilines is 1. The SMILES string of the molecule is CCN(CC)S(=O)(=O)c1cccc(C(=O)N[C@H](C(=O)Nc2ccc3nc(C)oc3c2)C(C)C)c1. The monoisotopic (exact) mass is 486 g/mol. The highest BCUT2D eigenvalue weighted by Gasteiger charge is 2.27. The Morgan fingerprint density at radius 1 is 1.09 bits per heavy atom. The lowest BCUT2D eigenvalue weighted by molar-refractivity contribution is -0.118. The second-order valence-electron chi connectivity index (χ2n) is 8.22. The molecule has 2 amide bonds. The highest BCUT2D eigenvalue weighted by Crippen LogP contribution is 2.21. The summed E-state index contributed by atoms with van der Waals surface area (Å²) in [6.07, 6.45) is 0. The fraction of sp³-hybridized carbons (Fsp3) is 0.375. The molecule has 0 aliphatic carbocycles. The standard InChI is InChI=1S/C24H30N4O5S/c1-6-28(7-2)34(31,32)19-10-8-9-17(13-19)23(29)27-22(15(3)4)24(30)26-18-11-12-20-21(14-18)33-16(5)25-20/h8-15,22H,6-7H2,1-5H3,(H,26,30)(H,27,29)/t22-/m0/s1. The molecule has 3 aromatic rings. The molecule has 34 heavy (non-hydrogen) atoms. The summed E-state index contributed by atoms with van der Waals surface area (Å²) in [5.74, 6) is -0.628. The molecule has 2 N–H and O–H groups in total. The van der Waals surface area contributed by atoms with Crippen LogP contribution in [-0.4, -0.2) is 48.7 Å². The first-order chi connectivity index (χ1) is 16.1. The van der Waals surface area contributed by atoms with Crippen LogP contribution in [0.1, 0.15) is 43.9 Å². The molecule has 1 heterocycles. The normalized spacial score (nSPS) is 12.8. The van der Waals surface area contributed by atoms with E-state index in [1.54, 1.807) is 39.0 Å². The minimum Gasteiger partial charge on any atom is -0.441 e. The summed E-state index contributed by atoms with van der Waals surface area (Å²) in [5.41, 5.74) is 1.90. The molecular formula is C24H30N4O5S. The molecular weight excluding hydrogens is 456 g/mol. The molecule has 0 radical (unpaired) electrons. The summed E-state index contributed by atoms with van der Waals surface area (Å²) in [6.45, 7) is 9.53. The quantitative estimate of drug-likeness (QED) is 0.477. The van der Waals surface area contributed by atoms with Crippen molar-refractivity contribution in [2.75, 3.05) is 18.4 Å². The van der Waals surface area contributed by atoms with Crippen molar-refractivity contribution in [2.45, 2.75) is 45.6 Å². The number of nitrogens with one attached hydrogen (secondary N) is 2. The summed E-state index contributed by atoms with van der Waals surface area (Å²) < 4.78 is 32.5. The molecule has 182 valence electrons. The molecule has 9 nitrogen and oxygen atoms in total. The lowest BCUT2D eigenvalue weighted by atomic mass is 10.0. The summed E-state index contributed by atoms with van der Waals surface area (Å²) in [7, 11) is -3.72. The molecule has 1 atom stereocenters. The van der Waals surface area contributed by atoms with Crippen LogP contribution < -0.4 is 10.6 Å². The van der Waals surface area contributed by atoms with Crippen LogP contribution in [0.5, 0.6) is 0 Å². The van der Waals surface area contributed by atoms with Gasteiger partial charge in [0.25, 0.3) is 5.91 Å². The Morgan fingerprint density at radius 2 is 1.79 bits per heavy atom. The van der Waals surface area contributed by atoms with Gasteiger partial charge in [-0.25, -0.2) is 13.4 Å². The zero-order valence-electron chi connectivity index (χ0n) is 20.0. The van der Waals surface area contributed by atoms with E-state index in [0.29, 0.717) is 35.8 Å². The molecule has 0 aliphatic heterocycles. The van der Waals surface area contributed by atoms with Crippen LogP contribution in [0.15, 0.2) is 51.8 Å². The number of fused-ring (bicyclic) bond motifs is 1. The highest BCUT2D eigenvalue weighted by atomic mass is 32.2. The molecule has 0 unspecified atom stereocenters. The van der Waals surface area contributed by atoms with Crippen molar-refractivity contribution >= 4 is 38.6 Å². The second-order valence-corrected chi connectivity index (χ2v) is 10.2. The third kappa shape index (κ3) is 5.45. The van der Waals surface area contributed by atoms with Crippen LogP contribution in [0.4, 0.5) is 5.69 Å². The van der Waals surface area contributed by atoms with Crippen LogP contribution in [0.3, 0.4) is 0 Å². The van der Waals surface area contributed by atoms with Gasteiger partial charge in [-0.3, -0.25) is 9.59 Å². The van der Waals surface area contributed by atoms with Crippen LogP contribution in [0, 0.1) is 12.8 Å². The van der Waals surface area contributed by atoms with Gasteiger partial charge in [0.1, 0.15) is 11.6 Å². The maximum atomic E-state index is 13.0. The number of aryl methyl sites for hydroxylation is 1. The fourth-order valence-corrected chi connectivity index (χ4v) is 5.11. The number of carbonyl (C=O) groups excluding carboxylic acids is 2. The molecule has 1 aromatic heterocycles. The first-order valence-corrected chi connectivity index (χ1v) is 12.6. The number of rotatable bonds is 9. The maximum Gasteiger partial charge on any atom is 0.251 e. The number of nitrogens with zero attached hydrogens (tertiary/aromatic N) is 2. The average molecular weight is 487 g/mol. The number of carbonyl (C=O) groups is 2. The summed E-state index contributed by atoms with van der Waals surface area (Å²) >= 11 is 0. The van der Waals surface area contributed by atoms with Crippen LogP contribution in [0.25, 0.3) is 11.1 Å². The van der Waals surface area contributed by atoms with Crippen LogP contribution in [0.2, 0.25) is 0 Å². The number of oxazole rings is 1. The second kappa shape index (κ2) is 10.4. The van der Waals surface area contributed by atoms with E-state index < -0.39 is 27.9 Å². The third-order valence-electron chi connectivity index (χ3n) is 5.44. The highest BCUT2D eigenvalue weighted by molar-refractivity contribution is 7.89. The van der Waals surface area contributed by atoms with Gasteiger partial charge in [-0.05, 0) is 36.2 Å². The summed E-state index contributed by atoms with van der Waals surface area (Å²) in [5, 5.41) is 5.54. The van der Waals surface area contributed by atoms with Crippen molar-refractivity contribution < 1.29 is 22.4 Å². The van der Waals surface area contributed by atoms with Crippen molar-refractivity contribution in [1.82, 2.24) is 14.6 Å². The largest absolute Gasteiger partial charge is 0.441 e. The molecule has 0 fully saturated rings. The van der Waals surface area contributed by atoms with E-state index in [1.165, 1.54) is 28.6 Å². The van der Waals surface area contributed by atoms with Crippen LogP contribution in [-0.2, 0) is 14.8 Å². The maximum absolute atomic E-state index is 13.0. The minimum absolute atomic E-state index is 0.0325. The number of hydrogen-bond acceptors (Lipinski definition) is 6. The first-order valence-electron chi connectivity index (χ1n) is 11.2.